The Hall–Kier alpha value is -2.02. The van der Waals surface area contributed by atoms with Gasteiger partial charge in [0.15, 0.2) is 0 Å². The molecule has 2 aliphatic rings. The van der Waals surface area contributed by atoms with E-state index in [1.807, 2.05) is 6.07 Å². The lowest BCUT2D eigenvalue weighted by molar-refractivity contribution is 0.0958. The Labute approximate surface area is 119 Å². The van der Waals surface area contributed by atoms with Gasteiger partial charge in [-0.25, -0.2) is 4.98 Å². The van der Waals surface area contributed by atoms with E-state index in [9.17, 15) is 4.79 Å². The van der Waals surface area contributed by atoms with Crippen LogP contribution in [0.15, 0.2) is 18.3 Å². The zero-order chi connectivity index (χ0) is 13.9. The number of pyridine rings is 1. The highest BCUT2D eigenvalue weighted by Crippen LogP contribution is 2.45. The summed E-state index contributed by atoms with van der Waals surface area (Å²) in [6.07, 6.45) is 12.1. The molecule has 2 saturated carbocycles. The van der Waals surface area contributed by atoms with Crippen LogP contribution in [0.1, 0.15) is 36.0 Å². The first kappa shape index (κ1) is 13.0. The van der Waals surface area contributed by atoms with Crippen molar-refractivity contribution in [3.05, 3.63) is 23.9 Å². The quantitative estimate of drug-likeness (QED) is 0.777. The van der Waals surface area contributed by atoms with E-state index in [2.05, 4.69) is 21.5 Å². The van der Waals surface area contributed by atoms with Crippen LogP contribution in [0.2, 0.25) is 0 Å². The topological polar surface area (TPSA) is 54.0 Å². The van der Waals surface area contributed by atoms with Crippen molar-refractivity contribution in [1.29, 1.82) is 0 Å². The lowest BCUT2D eigenvalue weighted by atomic mass is 10.1. The first-order valence-electron chi connectivity index (χ1n) is 7.22. The van der Waals surface area contributed by atoms with Crippen LogP contribution in [0.5, 0.6) is 0 Å². The molecule has 2 N–H and O–H groups in total. The molecule has 2 aliphatic carbocycles. The number of carbonyl (C=O) groups excluding carboxylic acids is 1. The van der Waals surface area contributed by atoms with Gasteiger partial charge in [0.05, 0.1) is 12.1 Å². The van der Waals surface area contributed by atoms with Crippen molar-refractivity contribution in [2.45, 2.75) is 31.7 Å². The predicted octanol–water partition coefficient (Wildman–Crippen LogP) is 2.05. The van der Waals surface area contributed by atoms with Crippen LogP contribution in [0, 0.1) is 24.2 Å². The van der Waals surface area contributed by atoms with Crippen molar-refractivity contribution in [1.82, 2.24) is 10.3 Å². The fraction of sp³-hybridized carbons (Fsp3) is 0.500. The van der Waals surface area contributed by atoms with Gasteiger partial charge in [0.2, 0.25) is 0 Å². The molecule has 1 aromatic heterocycles. The number of hydrogen-bond donors (Lipinski definition) is 2. The monoisotopic (exact) mass is 269 g/mol. The Morgan fingerprint density at radius 2 is 2.05 bits per heavy atom. The Balaban J connectivity index is 1.60. The summed E-state index contributed by atoms with van der Waals surface area (Å²) >= 11 is 0. The first-order valence-corrected chi connectivity index (χ1v) is 7.22. The smallest absolute Gasteiger partial charge is 0.253 e. The van der Waals surface area contributed by atoms with Crippen LogP contribution in [0.4, 0.5) is 5.82 Å². The molecule has 20 heavy (non-hydrogen) atoms. The third-order valence-electron chi connectivity index (χ3n) is 3.95. The zero-order valence-corrected chi connectivity index (χ0v) is 11.4. The summed E-state index contributed by atoms with van der Waals surface area (Å²) < 4.78 is 0. The third kappa shape index (κ3) is 3.11. The van der Waals surface area contributed by atoms with E-state index in [1.54, 1.807) is 12.3 Å². The SMILES string of the molecule is C#CCNC(=O)c1ccc(NC(C2CC2)C2CC2)nc1. The van der Waals surface area contributed by atoms with Crippen molar-refractivity contribution >= 4 is 11.7 Å². The van der Waals surface area contributed by atoms with Gasteiger partial charge in [0.25, 0.3) is 5.91 Å². The van der Waals surface area contributed by atoms with Gasteiger partial charge in [-0.15, -0.1) is 6.42 Å². The minimum absolute atomic E-state index is 0.178. The second-order valence-electron chi connectivity index (χ2n) is 5.66. The van der Waals surface area contributed by atoms with Crippen molar-refractivity contribution < 1.29 is 4.79 Å². The van der Waals surface area contributed by atoms with Gasteiger partial charge in [0, 0.05) is 12.2 Å². The molecule has 104 valence electrons. The summed E-state index contributed by atoms with van der Waals surface area (Å²) in [5.74, 6) is 4.71. The lowest BCUT2D eigenvalue weighted by Gasteiger charge is -2.18. The second-order valence-corrected chi connectivity index (χ2v) is 5.66. The fourth-order valence-corrected chi connectivity index (χ4v) is 2.55. The Morgan fingerprint density at radius 1 is 1.35 bits per heavy atom. The van der Waals surface area contributed by atoms with E-state index in [1.165, 1.54) is 25.7 Å². The molecular weight excluding hydrogens is 250 g/mol. The molecule has 0 spiro atoms. The molecule has 0 aliphatic heterocycles. The zero-order valence-electron chi connectivity index (χ0n) is 11.4. The second kappa shape index (κ2) is 5.54. The number of amides is 1. The van der Waals surface area contributed by atoms with Gasteiger partial charge < -0.3 is 10.6 Å². The largest absolute Gasteiger partial charge is 0.367 e. The van der Waals surface area contributed by atoms with E-state index < -0.39 is 0 Å². The summed E-state index contributed by atoms with van der Waals surface area (Å²) in [5.41, 5.74) is 0.542. The van der Waals surface area contributed by atoms with Crippen molar-refractivity contribution in [3.63, 3.8) is 0 Å². The molecule has 1 heterocycles. The lowest BCUT2D eigenvalue weighted by Crippen LogP contribution is -2.25. The summed E-state index contributed by atoms with van der Waals surface area (Å²) in [5, 5.41) is 6.17. The average Bonchev–Trinajstić information content (AvgIpc) is 3.36. The summed E-state index contributed by atoms with van der Waals surface area (Å²) in [7, 11) is 0. The number of carbonyl (C=O) groups is 1. The van der Waals surface area contributed by atoms with Crippen LogP contribution in [0.3, 0.4) is 0 Å². The molecule has 4 heteroatoms. The number of hydrogen-bond acceptors (Lipinski definition) is 3. The molecule has 4 nitrogen and oxygen atoms in total. The number of nitrogens with zero attached hydrogens (tertiary/aromatic N) is 1. The summed E-state index contributed by atoms with van der Waals surface area (Å²) in [4.78, 5) is 16.1. The maximum atomic E-state index is 11.7. The molecule has 1 amide bonds. The molecule has 3 rings (SSSR count). The third-order valence-corrected chi connectivity index (χ3v) is 3.95. The molecule has 0 bridgehead atoms. The maximum Gasteiger partial charge on any atom is 0.253 e. The highest BCUT2D eigenvalue weighted by Gasteiger charge is 2.41. The average molecular weight is 269 g/mol. The van der Waals surface area contributed by atoms with E-state index >= 15 is 0 Å². The predicted molar refractivity (Wildman–Crippen MR) is 78.3 cm³/mol. The fourth-order valence-electron chi connectivity index (χ4n) is 2.55. The van der Waals surface area contributed by atoms with E-state index in [0.29, 0.717) is 11.6 Å². The Bertz CT molecular complexity index is 512. The molecular formula is C16H19N3O. The Morgan fingerprint density at radius 3 is 2.55 bits per heavy atom. The van der Waals surface area contributed by atoms with Gasteiger partial charge in [-0.05, 0) is 49.7 Å². The van der Waals surface area contributed by atoms with Crippen LogP contribution < -0.4 is 10.6 Å². The standard InChI is InChI=1S/C16H19N3O/c1-2-9-17-16(20)13-7-8-14(18-10-13)19-15(11-3-4-11)12-5-6-12/h1,7-8,10-12,15H,3-6,9H2,(H,17,20)(H,18,19). The van der Waals surface area contributed by atoms with E-state index in [-0.39, 0.29) is 12.5 Å². The highest BCUT2D eigenvalue weighted by molar-refractivity contribution is 5.94. The number of anilines is 1. The highest BCUT2D eigenvalue weighted by atomic mass is 16.1. The van der Waals surface area contributed by atoms with E-state index in [0.717, 1.165) is 17.7 Å². The molecule has 0 aromatic carbocycles. The normalized spacial score (nSPS) is 17.6. The minimum Gasteiger partial charge on any atom is -0.367 e. The van der Waals surface area contributed by atoms with Gasteiger partial charge in [-0.1, -0.05) is 5.92 Å². The van der Waals surface area contributed by atoms with Gasteiger partial charge in [-0.2, -0.15) is 0 Å². The molecule has 0 saturated heterocycles. The number of rotatable bonds is 6. The van der Waals surface area contributed by atoms with Gasteiger partial charge in [-0.3, -0.25) is 4.79 Å². The van der Waals surface area contributed by atoms with Gasteiger partial charge >= 0.3 is 0 Å². The minimum atomic E-state index is -0.178. The summed E-state index contributed by atoms with van der Waals surface area (Å²) in [6, 6.07) is 4.24. The summed E-state index contributed by atoms with van der Waals surface area (Å²) in [6.45, 7) is 0.240. The molecule has 0 unspecified atom stereocenters. The van der Waals surface area contributed by atoms with Crippen molar-refractivity contribution in [2.75, 3.05) is 11.9 Å². The van der Waals surface area contributed by atoms with Crippen molar-refractivity contribution in [3.8, 4) is 12.3 Å². The molecule has 0 radical (unpaired) electrons. The van der Waals surface area contributed by atoms with Crippen LogP contribution in [-0.2, 0) is 0 Å². The van der Waals surface area contributed by atoms with Crippen molar-refractivity contribution in [2.24, 2.45) is 11.8 Å². The van der Waals surface area contributed by atoms with E-state index in [4.69, 9.17) is 6.42 Å². The molecule has 1 aromatic rings. The first-order chi connectivity index (χ1) is 9.78. The van der Waals surface area contributed by atoms with Crippen LogP contribution in [0.25, 0.3) is 0 Å². The maximum absolute atomic E-state index is 11.7. The van der Waals surface area contributed by atoms with Crippen LogP contribution >= 0.6 is 0 Å². The molecule has 0 atom stereocenters. The Kier molecular flexibility index (Phi) is 3.60. The number of nitrogens with one attached hydrogen (secondary N) is 2. The van der Waals surface area contributed by atoms with Crippen LogP contribution in [-0.4, -0.2) is 23.5 Å². The number of aromatic nitrogens is 1. The number of terminal acetylenes is 1. The molecule has 2 fully saturated rings. The van der Waals surface area contributed by atoms with Gasteiger partial charge in [0.1, 0.15) is 5.82 Å².